The third-order valence-corrected chi connectivity index (χ3v) is 4.80. The highest BCUT2D eigenvalue weighted by Crippen LogP contribution is 2.39. The first-order chi connectivity index (χ1) is 13.5. The van der Waals surface area contributed by atoms with Crippen molar-refractivity contribution in [3.05, 3.63) is 17.7 Å². The van der Waals surface area contributed by atoms with Crippen molar-refractivity contribution in [3.63, 3.8) is 0 Å². The fourth-order valence-electron chi connectivity index (χ4n) is 3.48. The van der Waals surface area contributed by atoms with E-state index in [2.05, 4.69) is 32.3 Å². The monoisotopic (exact) mass is 398 g/mol. The van der Waals surface area contributed by atoms with Gasteiger partial charge in [0.2, 0.25) is 6.79 Å². The van der Waals surface area contributed by atoms with Gasteiger partial charge >= 0.3 is 6.61 Å². The molecule has 0 aliphatic carbocycles. The Balaban J connectivity index is 1.67. The molecule has 0 aromatic heterocycles. The molecular formula is C19H28F2N4O3. The normalized spacial score (nSPS) is 19.8. The average Bonchev–Trinajstić information content (AvgIpc) is 3.10. The number of nitrogens with zero attached hydrogens (tertiary/aromatic N) is 2. The first kappa shape index (κ1) is 20.4. The van der Waals surface area contributed by atoms with E-state index < -0.39 is 6.61 Å². The lowest BCUT2D eigenvalue weighted by Crippen LogP contribution is -2.43. The average molecular weight is 398 g/mol. The Hall–Kier alpha value is -2.29. The lowest BCUT2D eigenvalue weighted by molar-refractivity contribution is -0.0505. The minimum Gasteiger partial charge on any atom is -0.454 e. The molecular weight excluding hydrogens is 370 g/mol. The predicted octanol–water partition coefficient (Wildman–Crippen LogP) is 2.41. The van der Waals surface area contributed by atoms with Gasteiger partial charge in [0.15, 0.2) is 17.5 Å². The maximum Gasteiger partial charge on any atom is 0.387 e. The third-order valence-electron chi connectivity index (χ3n) is 4.80. The second-order valence-electron chi connectivity index (χ2n) is 7.04. The van der Waals surface area contributed by atoms with Crippen LogP contribution in [0.25, 0.3) is 0 Å². The van der Waals surface area contributed by atoms with Gasteiger partial charge in [-0.1, -0.05) is 0 Å². The molecule has 1 aromatic rings. The molecule has 28 heavy (non-hydrogen) atoms. The Kier molecular flexibility index (Phi) is 7.13. The summed E-state index contributed by atoms with van der Waals surface area (Å²) in [5, 5.41) is 6.56. The Bertz CT molecular complexity index is 687. The van der Waals surface area contributed by atoms with Crippen LogP contribution in [0.2, 0.25) is 0 Å². The highest BCUT2D eigenvalue weighted by atomic mass is 19.3. The second kappa shape index (κ2) is 9.77. The largest absolute Gasteiger partial charge is 0.454 e. The standard InChI is InChI=1S/C19H28F2N4O3/c1-3-22-19(23-9-13-5-4-6-25(2)11-13)24-10-14-7-16-17(27-12-26-16)8-15(14)28-18(20)21/h7-8,13,18H,3-6,9-12H2,1-2H3,(H2,22,23,24). The number of hydrogen-bond donors (Lipinski definition) is 2. The zero-order chi connectivity index (χ0) is 19.9. The number of halogens is 2. The minimum absolute atomic E-state index is 0.0488. The molecule has 9 heteroatoms. The maximum absolute atomic E-state index is 12.8. The quantitative estimate of drug-likeness (QED) is 0.543. The van der Waals surface area contributed by atoms with E-state index in [0.29, 0.717) is 35.5 Å². The Labute approximate surface area is 164 Å². The Morgan fingerprint density at radius 1 is 1.32 bits per heavy atom. The van der Waals surface area contributed by atoms with Crippen LogP contribution in [0.1, 0.15) is 25.3 Å². The summed E-state index contributed by atoms with van der Waals surface area (Å²) in [5.74, 6) is 2.17. The molecule has 0 radical (unpaired) electrons. The van der Waals surface area contributed by atoms with Gasteiger partial charge in [-0.25, -0.2) is 4.99 Å². The fraction of sp³-hybridized carbons (Fsp3) is 0.632. The smallest absolute Gasteiger partial charge is 0.387 e. The van der Waals surface area contributed by atoms with Crippen molar-refractivity contribution in [1.82, 2.24) is 15.5 Å². The van der Waals surface area contributed by atoms with E-state index in [1.54, 1.807) is 6.07 Å². The number of guanidine groups is 1. The first-order valence-corrected chi connectivity index (χ1v) is 9.63. The molecule has 1 aromatic carbocycles. The van der Waals surface area contributed by atoms with Crippen LogP contribution in [0.15, 0.2) is 17.1 Å². The van der Waals surface area contributed by atoms with Crippen molar-refractivity contribution < 1.29 is 23.0 Å². The predicted molar refractivity (Wildman–Crippen MR) is 102 cm³/mol. The Morgan fingerprint density at radius 2 is 2.11 bits per heavy atom. The van der Waals surface area contributed by atoms with Gasteiger partial charge in [0, 0.05) is 31.3 Å². The molecule has 7 nitrogen and oxygen atoms in total. The van der Waals surface area contributed by atoms with Crippen molar-refractivity contribution in [2.75, 3.05) is 40.0 Å². The molecule has 2 heterocycles. The van der Waals surface area contributed by atoms with Crippen molar-refractivity contribution in [2.24, 2.45) is 10.9 Å². The van der Waals surface area contributed by atoms with Gasteiger partial charge in [0.1, 0.15) is 5.75 Å². The van der Waals surface area contributed by atoms with E-state index >= 15 is 0 Å². The lowest BCUT2D eigenvalue weighted by Gasteiger charge is -2.30. The molecule has 156 valence electrons. The van der Waals surface area contributed by atoms with E-state index in [1.165, 1.54) is 18.9 Å². The zero-order valence-electron chi connectivity index (χ0n) is 16.3. The van der Waals surface area contributed by atoms with E-state index in [4.69, 9.17) is 9.47 Å². The summed E-state index contributed by atoms with van der Waals surface area (Å²) >= 11 is 0. The first-order valence-electron chi connectivity index (χ1n) is 9.63. The lowest BCUT2D eigenvalue weighted by atomic mass is 9.99. The van der Waals surface area contributed by atoms with Crippen molar-refractivity contribution in [3.8, 4) is 17.2 Å². The van der Waals surface area contributed by atoms with Crippen LogP contribution in [0, 0.1) is 5.92 Å². The van der Waals surface area contributed by atoms with E-state index in [9.17, 15) is 8.78 Å². The molecule has 0 saturated carbocycles. The van der Waals surface area contributed by atoms with Crippen LogP contribution in [0.4, 0.5) is 8.78 Å². The van der Waals surface area contributed by atoms with Crippen molar-refractivity contribution >= 4 is 5.96 Å². The van der Waals surface area contributed by atoms with Crippen LogP contribution in [0.5, 0.6) is 17.2 Å². The molecule has 0 bridgehead atoms. The highest BCUT2D eigenvalue weighted by Gasteiger charge is 2.20. The molecule has 2 N–H and O–H groups in total. The summed E-state index contributed by atoms with van der Waals surface area (Å²) in [6, 6.07) is 3.07. The summed E-state index contributed by atoms with van der Waals surface area (Å²) < 4.78 is 40.8. The van der Waals surface area contributed by atoms with Crippen LogP contribution >= 0.6 is 0 Å². The number of hydrogen-bond acceptors (Lipinski definition) is 5. The minimum atomic E-state index is -2.92. The molecule has 1 atom stereocenters. The SMILES string of the molecule is CCNC(=NCc1cc2c(cc1OC(F)F)OCO2)NCC1CCCN(C)C1. The topological polar surface area (TPSA) is 67.4 Å². The zero-order valence-corrected chi connectivity index (χ0v) is 16.3. The molecule has 1 unspecified atom stereocenters. The summed E-state index contributed by atoms with van der Waals surface area (Å²) in [7, 11) is 2.13. The molecule has 1 saturated heterocycles. The number of likely N-dealkylation sites (tertiary alicyclic amines) is 1. The van der Waals surface area contributed by atoms with Gasteiger partial charge in [0.25, 0.3) is 0 Å². The summed E-state index contributed by atoms with van der Waals surface area (Å²) in [6.45, 7) is 3.03. The number of benzene rings is 1. The van der Waals surface area contributed by atoms with Gasteiger partial charge < -0.3 is 29.7 Å². The van der Waals surface area contributed by atoms with Crippen LogP contribution in [-0.4, -0.2) is 57.5 Å². The third kappa shape index (κ3) is 5.60. The van der Waals surface area contributed by atoms with Gasteiger partial charge in [-0.15, -0.1) is 0 Å². The number of rotatable bonds is 7. The highest BCUT2D eigenvalue weighted by molar-refractivity contribution is 5.79. The van der Waals surface area contributed by atoms with Gasteiger partial charge in [-0.05, 0) is 45.3 Å². The number of ether oxygens (including phenoxy) is 3. The number of alkyl halides is 2. The molecule has 0 amide bonds. The van der Waals surface area contributed by atoms with Gasteiger partial charge in [0.05, 0.1) is 6.54 Å². The summed E-state index contributed by atoms with van der Waals surface area (Å²) in [6.07, 6.45) is 2.38. The fourth-order valence-corrected chi connectivity index (χ4v) is 3.48. The number of aliphatic imine (C=N–C) groups is 1. The summed E-state index contributed by atoms with van der Waals surface area (Å²) in [5.41, 5.74) is 0.513. The van der Waals surface area contributed by atoms with E-state index in [-0.39, 0.29) is 19.1 Å². The molecule has 2 aliphatic heterocycles. The maximum atomic E-state index is 12.8. The van der Waals surface area contributed by atoms with E-state index in [1.807, 2.05) is 6.92 Å². The van der Waals surface area contributed by atoms with Crippen molar-refractivity contribution in [2.45, 2.75) is 32.9 Å². The molecule has 2 aliphatic rings. The van der Waals surface area contributed by atoms with E-state index in [0.717, 1.165) is 19.6 Å². The molecule has 1 fully saturated rings. The number of piperidine rings is 1. The van der Waals surface area contributed by atoms with Crippen LogP contribution in [-0.2, 0) is 6.54 Å². The van der Waals surface area contributed by atoms with Crippen LogP contribution < -0.4 is 24.8 Å². The van der Waals surface area contributed by atoms with Gasteiger partial charge in [-0.3, -0.25) is 0 Å². The Morgan fingerprint density at radius 3 is 2.82 bits per heavy atom. The second-order valence-corrected chi connectivity index (χ2v) is 7.04. The number of fused-ring (bicyclic) bond motifs is 1. The van der Waals surface area contributed by atoms with Crippen LogP contribution in [0.3, 0.4) is 0 Å². The van der Waals surface area contributed by atoms with Gasteiger partial charge in [-0.2, -0.15) is 8.78 Å². The number of nitrogens with one attached hydrogen (secondary N) is 2. The molecule has 3 rings (SSSR count). The van der Waals surface area contributed by atoms with Crippen molar-refractivity contribution in [1.29, 1.82) is 0 Å². The molecule has 0 spiro atoms. The summed E-state index contributed by atoms with van der Waals surface area (Å²) in [4.78, 5) is 6.87.